The summed E-state index contributed by atoms with van der Waals surface area (Å²) < 4.78 is 16.2. The third kappa shape index (κ3) is 3.32. The molecule has 0 saturated carbocycles. The van der Waals surface area contributed by atoms with Crippen molar-refractivity contribution in [3.05, 3.63) is 54.9 Å². The van der Waals surface area contributed by atoms with Gasteiger partial charge in [-0.2, -0.15) is 5.10 Å². The number of nitrogens with zero attached hydrogens (tertiary/aromatic N) is 3. The smallest absolute Gasteiger partial charge is 0.133 e. The fourth-order valence-electron chi connectivity index (χ4n) is 3.46. The number of halogens is 1. The van der Waals surface area contributed by atoms with Crippen molar-refractivity contribution in [1.82, 2.24) is 20.1 Å². The Bertz CT molecular complexity index is 956. The van der Waals surface area contributed by atoms with Crippen LogP contribution in [-0.2, 0) is 7.05 Å². The molecule has 0 aliphatic carbocycles. The molecule has 2 aromatic heterocycles. The first-order valence-corrected chi connectivity index (χ1v) is 8.85. The first kappa shape index (κ1) is 16.7. The van der Waals surface area contributed by atoms with Gasteiger partial charge in [-0.05, 0) is 55.1 Å². The molecule has 1 saturated heterocycles. The van der Waals surface area contributed by atoms with E-state index in [1.807, 2.05) is 25.4 Å². The lowest BCUT2D eigenvalue weighted by Gasteiger charge is -2.25. The van der Waals surface area contributed by atoms with E-state index < -0.39 is 0 Å². The molecule has 0 bridgehead atoms. The van der Waals surface area contributed by atoms with E-state index >= 15 is 0 Å². The zero-order chi connectivity index (χ0) is 18.1. The number of aryl methyl sites for hydroxylation is 1. The third-order valence-electron chi connectivity index (χ3n) is 4.95. The second kappa shape index (κ2) is 6.88. The highest BCUT2D eigenvalue weighted by Gasteiger charge is 2.17. The molecule has 26 heavy (non-hydrogen) atoms. The molecule has 0 unspecified atom stereocenters. The molecule has 0 radical (unpaired) electrons. The van der Waals surface area contributed by atoms with Crippen LogP contribution in [0.15, 0.2) is 49.1 Å². The van der Waals surface area contributed by atoms with Crippen LogP contribution in [0.5, 0.6) is 0 Å². The van der Waals surface area contributed by atoms with Crippen molar-refractivity contribution < 1.29 is 4.39 Å². The highest BCUT2D eigenvalue weighted by molar-refractivity contribution is 5.89. The minimum atomic E-state index is -0.280. The van der Waals surface area contributed by atoms with Crippen LogP contribution < -0.4 is 10.6 Å². The molecule has 134 valence electrons. The zero-order valence-electron chi connectivity index (χ0n) is 14.8. The minimum Gasteiger partial charge on any atom is -0.344 e. The second-order valence-electron chi connectivity index (χ2n) is 6.83. The number of pyridine rings is 1. The molecule has 0 amide bonds. The zero-order valence-corrected chi connectivity index (χ0v) is 14.8. The van der Waals surface area contributed by atoms with E-state index in [1.165, 1.54) is 6.07 Å². The van der Waals surface area contributed by atoms with Crippen LogP contribution >= 0.6 is 0 Å². The number of benzene rings is 1. The van der Waals surface area contributed by atoms with E-state index in [2.05, 4.69) is 27.3 Å². The van der Waals surface area contributed by atoms with Crippen LogP contribution in [-0.4, -0.2) is 27.9 Å². The van der Waals surface area contributed by atoms with E-state index in [9.17, 15) is 4.39 Å². The number of aromatic nitrogens is 3. The van der Waals surface area contributed by atoms with Gasteiger partial charge in [0.15, 0.2) is 0 Å². The standard InChI is InChI=1S/C20H22FN5/c1-13(14-3-5-22-6-4-14)25-20-9-16-7-15(17-10-24-26(2)12-17)8-19(21)18(16)11-23-20/h7-12,14,22H,1,3-6H2,2H3,(H,23,25). The summed E-state index contributed by atoms with van der Waals surface area (Å²) in [4.78, 5) is 4.37. The van der Waals surface area contributed by atoms with Crippen molar-refractivity contribution in [2.45, 2.75) is 12.8 Å². The summed E-state index contributed by atoms with van der Waals surface area (Å²) in [6.07, 6.45) is 7.33. The molecular formula is C20H22FN5. The average Bonchev–Trinajstić information content (AvgIpc) is 3.08. The van der Waals surface area contributed by atoms with Crippen molar-refractivity contribution in [3.8, 4) is 11.1 Å². The Labute approximate surface area is 151 Å². The SMILES string of the molecule is C=C(Nc1cc2cc(-c3cnn(C)c3)cc(F)c2cn1)C1CCNCC1. The van der Waals surface area contributed by atoms with Crippen molar-refractivity contribution >= 4 is 16.6 Å². The largest absolute Gasteiger partial charge is 0.344 e. The fraction of sp³-hybridized carbons (Fsp3) is 0.300. The Morgan fingerprint density at radius 3 is 2.77 bits per heavy atom. The van der Waals surface area contributed by atoms with Gasteiger partial charge in [-0.25, -0.2) is 9.37 Å². The van der Waals surface area contributed by atoms with E-state index in [4.69, 9.17) is 0 Å². The van der Waals surface area contributed by atoms with Gasteiger partial charge in [-0.15, -0.1) is 0 Å². The van der Waals surface area contributed by atoms with Gasteiger partial charge in [-0.3, -0.25) is 4.68 Å². The topological polar surface area (TPSA) is 54.8 Å². The summed E-state index contributed by atoms with van der Waals surface area (Å²) in [6, 6.07) is 5.38. The molecule has 1 aliphatic rings. The summed E-state index contributed by atoms with van der Waals surface area (Å²) >= 11 is 0. The molecule has 3 aromatic rings. The first-order chi connectivity index (χ1) is 12.6. The number of hydrogen-bond donors (Lipinski definition) is 2. The van der Waals surface area contributed by atoms with Crippen LogP contribution in [0, 0.1) is 11.7 Å². The maximum atomic E-state index is 14.5. The number of allylic oxidation sites excluding steroid dienone is 1. The maximum Gasteiger partial charge on any atom is 0.133 e. The number of piperidine rings is 1. The number of anilines is 1. The lowest BCUT2D eigenvalue weighted by atomic mass is 9.95. The molecule has 0 atom stereocenters. The van der Waals surface area contributed by atoms with Gasteiger partial charge in [0.1, 0.15) is 11.6 Å². The summed E-state index contributed by atoms with van der Waals surface area (Å²) in [7, 11) is 1.85. The number of nitrogens with one attached hydrogen (secondary N) is 2. The van der Waals surface area contributed by atoms with E-state index in [1.54, 1.807) is 17.1 Å². The van der Waals surface area contributed by atoms with Gasteiger partial charge >= 0.3 is 0 Å². The van der Waals surface area contributed by atoms with Gasteiger partial charge in [0.05, 0.1) is 6.20 Å². The van der Waals surface area contributed by atoms with E-state index in [0.717, 1.165) is 48.1 Å². The minimum absolute atomic E-state index is 0.280. The normalized spacial score (nSPS) is 15.3. The quantitative estimate of drug-likeness (QED) is 0.753. The molecule has 1 aliphatic heterocycles. The summed E-state index contributed by atoms with van der Waals surface area (Å²) in [5.74, 6) is 0.855. The molecule has 3 heterocycles. The Morgan fingerprint density at radius 2 is 2.04 bits per heavy atom. The Morgan fingerprint density at radius 1 is 1.23 bits per heavy atom. The van der Waals surface area contributed by atoms with Crippen LogP contribution in [0.3, 0.4) is 0 Å². The Balaban J connectivity index is 1.64. The van der Waals surface area contributed by atoms with Crippen molar-refractivity contribution in [2.24, 2.45) is 13.0 Å². The molecule has 1 aromatic carbocycles. The van der Waals surface area contributed by atoms with Gasteiger partial charge in [0, 0.05) is 42.0 Å². The third-order valence-corrected chi connectivity index (χ3v) is 4.95. The number of hydrogen-bond acceptors (Lipinski definition) is 4. The van der Waals surface area contributed by atoms with E-state index in [-0.39, 0.29) is 5.82 Å². The highest BCUT2D eigenvalue weighted by atomic mass is 19.1. The van der Waals surface area contributed by atoms with Gasteiger partial charge < -0.3 is 10.6 Å². The second-order valence-corrected chi connectivity index (χ2v) is 6.83. The predicted octanol–water partition coefficient (Wildman–Crippen LogP) is 3.70. The molecule has 0 spiro atoms. The Kier molecular flexibility index (Phi) is 4.42. The molecule has 5 nitrogen and oxygen atoms in total. The van der Waals surface area contributed by atoms with E-state index in [0.29, 0.717) is 17.1 Å². The summed E-state index contributed by atoms with van der Waals surface area (Å²) in [6.45, 7) is 6.20. The van der Waals surface area contributed by atoms with Gasteiger partial charge in [-0.1, -0.05) is 6.58 Å². The van der Waals surface area contributed by atoms with Crippen molar-refractivity contribution in [2.75, 3.05) is 18.4 Å². The fourth-order valence-corrected chi connectivity index (χ4v) is 3.46. The Hall–Kier alpha value is -2.73. The predicted molar refractivity (Wildman–Crippen MR) is 102 cm³/mol. The first-order valence-electron chi connectivity index (χ1n) is 8.85. The van der Waals surface area contributed by atoms with Crippen molar-refractivity contribution in [3.63, 3.8) is 0 Å². The maximum absolute atomic E-state index is 14.5. The summed E-state index contributed by atoms with van der Waals surface area (Å²) in [5.41, 5.74) is 2.67. The summed E-state index contributed by atoms with van der Waals surface area (Å²) in [5, 5.41) is 12.1. The van der Waals surface area contributed by atoms with Gasteiger partial charge in [0.2, 0.25) is 0 Å². The van der Waals surface area contributed by atoms with Crippen LogP contribution in [0.1, 0.15) is 12.8 Å². The monoisotopic (exact) mass is 351 g/mol. The molecular weight excluding hydrogens is 329 g/mol. The van der Waals surface area contributed by atoms with Crippen LogP contribution in [0.2, 0.25) is 0 Å². The van der Waals surface area contributed by atoms with Gasteiger partial charge in [0.25, 0.3) is 0 Å². The molecule has 4 rings (SSSR count). The van der Waals surface area contributed by atoms with Crippen LogP contribution in [0.25, 0.3) is 21.9 Å². The van der Waals surface area contributed by atoms with Crippen molar-refractivity contribution in [1.29, 1.82) is 0 Å². The molecule has 2 N–H and O–H groups in total. The highest BCUT2D eigenvalue weighted by Crippen LogP contribution is 2.29. The number of rotatable bonds is 4. The molecule has 6 heteroatoms. The lowest BCUT2D eigenvalue weighted by Crippen LogP contribution is -2.30. The van der Waals surface area contributed by atoms with Crippen LogP contribution in [0.4, 0.5) is 10.2 Å². The number of fused-ring (bicyclic) bond motifs is 1. The molecule has 1 fully saturated rings. The average molecular weight is 351 g/mol. The lowest BCUT2D eigenvalue weighted by molar-refractivity contribution is 0.422.